The largest absolute Gasteiger partial charge is 0.313 e. The van der Waals surface area contributed by atoms with E-state index in [9.17, 15) is 0 Å². The van der Waals surface area contributed by atoms with Crippen molar-refractivity contribution in [3.63, 3.8) is 0 Å². The Hall–Kier alpha value is -1.78. The summed E-state index contributed by atoms with van der Waals surface area (Å²) < 4.78 is 0. The maximum Gasteiger partial charge on any atom is 0.0697 e. The molecule has 0 saturated carbocycles. The molecule has 18 heavy (non-hydrogen) atoms. The van der Waals surface area contributed by atoms with Crippen LogP contribution in [0.3, 0.4) is 0 Å². The Morgan fingerprint density at radius 2 is 1.50 bits per heavy atom. The zero-order valence-electron chi connectivity index (χ0n) is 10.3. The summed E-state index contributed by atoms with van der Waals surface area (Å²) >= 11 is 0. The molecule has 0 amide bonds. The van der Waals surface area contributed by atoms with Gasteiger partial charge in [-0.15, -0.1) is 0 Å². The van der Waals surface area contributed by atoms with Crippen LogP contribution in [0.1, 0.15) is 17.8 Å². The quantitative estimate of drug-likeness (QED) is 0.774. The van der Waals surface area contributed by atoms with Crippen LogP contribution in [0.4, 0.5) is 0 Å². The molecule has 4 nitrogen and oxygen atoms in total. The fourth-order valence-corrected chi connectivity index (χ4v) is 1.84. The van der Waals surface area contributed by atoms with Crippen LogP contribution in [-0.2, 0) is 12.8 Å². The zero-order chi connectivity index (χ0) is 12.8. The summed E-state index contributed by atoms with van der Waals surface area (Å²) in [6.45, 7) is 0. The monoisotopic (exact) mass is 242 g/mol. The molecule has 0 saturated heterocycles. The lowest BCUT2D eigenvalue weighted by Crippen LogP contribution is -2.51. The van der Waals surface area contributed by atoms with Crippen LogP contribution in [0.25, 0.3) is 0 Å². The standard InChI is InChI=1S/C14H18N4/c15-14(16,11-13-6-2-4-10-18-13)8-7-12-5-1-3-9-17-12/h1-6,9-10H,7-8,11,15-16H2. The molecule has 0 atom stereocenters. The summed E-state index contributed by atoms with van der Waals surface area (Å²) in [5, 5.41) is 0. The topological polar surface area (TPSA) is 77.8 Å². The van der Waals surface area contributed by atoms with E-state index in [0.29, 0.717) is 12.8 Å². The highest BCUT2D eigenvalue weighted by atomic mass is 15.0. The maximum absolute atomic E-state index is 6.11. The van der Waals surface area contributed by atoms with Crippen LogP contribution in [0.5, 0.6) is 0 Å². The van der Waals surface area contributed by atoms with Gasteiger partial charge in [-0.25, -0.2) is 0 Å². The second-order valence-electron chi connectivity index (χ2n) is 4.55. The molecule has 2 aromatic rings. The van der Waals surface area contributed by atoms with Crippen LogP contribution >= 0.6 is 0 Å². The first-order chi connectivity index (χ1) is 8.66. The normalized spacial score (nSPS) is 11.4. The minimum Gasteiger partial charge on any atom is -0.313 e. The van der Waals surface area contributed by atoms with Crippen LogP contribution in [0, 0.1) is 0 Å². The molecule has 2 heterocycles. The number of aryl methyl sites for hydroxylation is 1. The van der Waals surface area contributed by atoms with Crippen molar-refractivity contribution in [2.45, 2.75) is 24.9 Å². The lowest BCUT2D eigenvalue weighted by Gasteiger charge is -2.24. The van der Waals surface area contributed by atoms with Crippen molar-refractivity contribution in [3.8, 4) is 0 Å². The van der Waals surface area contributed by atoms with E-state index >= 15 is 0 Å². The van der Waals surface area contributed by atoms with E-state index in [1.807, 2.05) is 36.4 Å². The Kier molecular flexibility index (Phi) is 4.02. The number of nitrogens with zero attached hydrogens (tertiary/aromatic N) is 2. The van der Waals surface area contributed by atoms with Crippen molar-refractivity contribution in [1.82, 2.24) is 9.97 Å². The Balaban J connectivity index is 1.91. The van der Waals surface area contributed by atoms with Gasteiger partial charge in [0.05, 0.1) is 5.66 Å². The summed E-state index contributed by atoms with van der Waals surface area (Å²) in [4.78, 5) is 8.51. The second kappa shape index (κ2) is 5.71. The molecule has 4 heteroatoms. The minimum atomic E-state index is -0.744. The van der Waals surface area contributed by atoms with Crippen molar-refractivity contribution in [2.24, 2.45) is 11.5 Å². The zero-order valence-corrected chi connectivity index (χ0v) is 10.3. The highest BCUT2D eigenvalue weighted by Gasteiger charge is 2.20. The van der Waals surface area contributed by atoms with Gasteiger partial charge in [-0.2, -0.15) is 0 Å². The molecule has 0 bridgehead atoms. The molecule has 2 aromatic heterocycles. The average molecular weight is 242 g/mol. The van der Waals surface area contributed by atoms with Gasteiger partial charge in [0.25, 0.3) is 0 Å². The van der Waals surface area contributed by atoms with E-state index in [2.05, 4.69) is 9.97 Å². The van der Waals surface area contributed by atoms with Gasteiger partial charge >= 0.3 is 0 Å². The summed E-state index contributed by atoms with van der Waals surface area (Å²) in [6.07, 6.45) is 5.56. The molecular formula is C14H18N4. The van der Waals surface area contributed by atoms with Gasteiger partial charge < -0.3 is 11.5 Å². The first-order valence-corrected chi connectivity index (χ1v) is 6.03. The van der Waals surface area contributed by atoms with E-state index in [1.54, 1.807) is 12.4 Å². The number of nitrogens with two attached hydrogens (primary N) is 2. The average Bonchev–Trinajstić information content (AvgIpc) is 2.38. The van der Waals surface area contributed by atoms with Crippen molar-refractivity contribution in [3.05, 3.63) is 60.2 Å². The SMILES string of the molecule is NC(N)(CCc1ccccn1)Cc1ccccn1. The Bertz CT molecular complexity index is 468. The lowest BCUT2D eigenvalue weighted by molar-refractivity contribution is 0.400. The molecule has 0 aliphatic heterocycles. The highest BCUT2D eigenvalue weighted by molar-refractivity contribution is 5.09. The van der Waals surface area contributed by atoms with Crippen molar-refractivity contribution in [2.75, 3.05) is 0 Å². The molecule has 0 aliphatic carbocycles. The van der Waals surface area contributed by atoms with E-state index in [4.69, 9.17) is 11.5 Å². The fourth-order valence-electron chi connectivity index (χ4n) is 1.84. The summed E-state index contributed by atoms with van der Waals surface area (Å²) in [6, 6.07) is 11.6. The van der Waals surface area contributed by atoms with Gasteiger partial charge in [0.15, 0.2) is 0 Å². The predicted molar refractivity (Wildman–Crippen MR) is 71.6 cm³/mol. The van der Waals surface area contributed by atoms with Gasteiger partial charge in [0.2, 0.25) is 0 Å². The molecule has 0 unspecified atom stereocenters. The van der Waals surface area contributed by atoms with Crippen LogP contribution < -0.4 is 11.5 Å². The fraction of sp³-hybridized carbons (Fsp3) is 0.286. The van der Waals surface area contributed by atoms with Crippen molar-refractivity contribution >= 4 is 0 Å². The van der Waals surface area contributed by atoms with Crippen LogP contribution in [0.15, 0.2) is 48.8 Å². The first kappa shape index (κ1) is 12.7. The number of pyridine rings is 2. The molecular weight excluding hydrogens is 224 g/mol. The third kappa shape index (κ3) is 3.91. The van der Waals surface area contributed by atoms with E-state index < -0.39 is 5.66 Å². The summed E-state index contributed by atoms with van der Waals surface area (Å²) in [5.41, 5.74) is 13.4. The van der Waals surface area contributed by atoms with Gasteiger partial charge in [0.1, 0.15) is 0 Å². The van der Waals surface area contributed by atoms with Crippen LogP contribution in [0.2, 0.25) is 0 Å². The van der Waals surface area contributed by atoms with E-state index in [1.165, 1.54) is 0 Å². The highest BCUT2D eigenvalue weighted by Crippen LogP contribution is 2.10. The van der Waals surface area contributed by atoms with Crippen molar-refractivity contribution < 1.29 is 0 Å². The Morgan fingerprint density at radius 3 is 2.06 bits per heavy atom. The van der Waals surface area contributed by atoms with Gasteiger partial charge in [-0.05, 0) is 37.1 Å². The van der Waals surface area contributed by atoms with E-state index in [0.717, 1.165) is 17.8 Å². The Morgan fingerprint density at radius 1 is 0.889 bits per heavy atom. The van der Waals surface area contributed by atoms with Crippen LogP contribution in [-0.4, -0.2) is 15.6 Å². The number of rotatable bonds is 5. The van der Waals surface area contributed by atoms with E-state index in [-0.39, 0.29) is 0 Å². The number of aromatic nitrogens is 2. The van der Waals surface area contributed by atoms with Gasteiger partial charge in [0, 0.05) is 30.2 Å². The smallest absolute Gasteiger partial charge is 0.0697 e. The van der Waals surface area contributed by atoms with Gasteiger partial charge in [-0.1, -0.05) is 12.1 Å². The molecule has 0 aliphatic rings. The minimum absolute atomic E-state index is 0.570. The molecule has 0 aromatic carbocycles. The molecule has 0 fully saturated rings. The number of hydrogen-bond donors (Lipinski definition) is 2. The predicted octanol–water partition coefficient (Wildman–Crippen LogP) is 1.27. The lowest BCUT2D eigenvalue weighted by atomic mass is 9.98. The summed E-state index contributed by atoms with van der Waals surface area (Å²) in [5.74, 6) is 0. The van der Waals surface area contributed by atoms with Crippen molar-refractivity contribution in [1.29, 1.82) is 0 Å². The summed E-state index contributed by atoms with van der Waals surface area (Å²) in [7, 11) is 0. The first-order valence-electron chi connectivity index (χ1n) is 6.03. The Labute approximate surface area is 107 Å². The third-order valence-electron chi connectivity index (χ3n) is 2.81. The third-order valence-corrected chi connectivity index (χ3v) is 2.81. The molecule has 2 rings (SSSR count). The second-order valence-corrected chi connectivity index (χ2v) is 4.55. The molecule has 0 spiro atoms. The number of hydrogen-bond acceptors (Lipinski definition) is 4. The maximum atomic E-state index is 6.11. The van der Waals surface area contributed by atoms with Gasteiger partial charge in [-0.3, -0.25) is 9.97 Å². The molecule has 0 radical (unpaired) electrons. The molecule has 94 valence electrons. The molecule has 4 N–H and O–H groups in total.